The first-order chi connectivity index (χ1) is 9.74. The quantitative estimate of drug-likeness (QED) is 0.840. The molecule has 2 rings (SSSR count). The van der Waals surface area contributed by atoms with Gasteiger partial charge in [-0.2, -0.15) is 0 Å². The SMILES string of the molecule is CN(Cc1ccccc1)C[C@@H](O)COc1ccccc1. The molecule has 0 amide bonds. The van der Waals surface area contributed by atoms with E-state index in [-0.39, 0.29) is 0 Å². The average Bonchev–Trinajstić information content (AvgIpc) is 2.47. The highest BCUT2D eigenvalue weighted by Gasteiger charge is 2.09. The number of benzene rings is 2. The lowest BCUT2D eigenvalue weighted by Crippen LogP contribution is -2.32. The predicted octanol–water partition coefficient (Wildman–Crippen LogP) is 2.56. The molecule has 3 nitrogen and oxygen atoms in total. The van der Waals surface area contributed by atoms with Crippen LogP contribution in [0.25, 0.3) is 0 Å². The molecule has 106 valence electrons. The summed E-state index contributed by atoms with van der Waals surface area (Å²) < 4.78 is 5.54. The third-order valence-corrected chi connectivity index (χ3v) is 3.00. The van der Waals surface area contributed by atoms with Gasteiger partial charge in [-0.3, -0.25) is 4.90 Å². The minimum Gasteiger partial charge on any atom is -0.491 e. The second kappa shape index (κ2) is 7.68. The van der Waals surface area contributed by atoms with E-state index in [1.54, 1.807) is 0 Å². The monoisotopic (exact) mass is 271 g/mol. The molecule has 1 N–H and O–H groups in total. The van der Waals surface area contributed by atoms with Gasteiger partial charge in [0.1, 0.15) is 18.5 Å². The summed E-state index contributed by atoms with van der Waals surface area (Å²) in [7, 11) is 2.00. The van der Waals surface area contributed by atoms with Crippen LogP contribution in [0.15, 0.2) is 60.7 Å². The Labute approximate surface area is 120 Å². The second-order valence-electron chi connectivity index (χ2n) is 4.96. The van der Waals surface area contributed by atoms with Gasteiger partial charge >= 0.3 is 0 Å². The van der Waals surface area contributed by atoms with Crippen molar-refractivity contribution in [3.8, 4) is 5.75 Å². The van der Waals surface area contributed by atoms with Crippen molar-refractivity contribution < 1.29 is 9.84 Å². The number of aliphatic hydroxyl groups excluding tert-OH is 1. The zero-order valence-corrected chi connectivity index (χ0v) is 11.8. The highest BCUT2D eigenvalue weighted by molar-refractivity contribution is 5.20. The molecular formula is C17H21NO2. The van der Waals surface area contributed by atoms with E-state index < -0.39 is 6.10 Å². The first-order valence-corrected chi connectivity index (χ1v) is 6.82. The molecule has 0 radical (unpaired) electrons. The number of likely N-dealkylation sites (N-methyl/N-ethyl adjacent to an activating group) is 1. The van der Waals surface area contributed by atoms with Crippen LogP contribution in [-0.2, 0) is 6.54 Å². The molecule has 0 bridgehead atoms. The van der Waals surface area contributed by atoms with Crippen molar-refractivity contribution in [2.45, 2.75) is 12.6 Å². The van der Waals surface area contributed by atoms with Gasteiger partial charge in [0.15, 0.2) is 0 Å². The van der Waals surface area contributed by atoms with Crippen molar-refractivity contribution in [2.75, 3.05) is 20.2 Å². The van der Waals surface area contributed by atoms with Crippen molar-refractivity contribution >= 4 is 0 Å². The van der Waals surface area contributed by atoms with Crippen molar-refractivity contribution in [1.82, 2.24) is 4.90 Å². The van der Waals surface area contributed by atoms with Crippen LogP contribution in [0.1, 0.15) is 5.56 Å². The first kappa shape index (κ1) is 14.6. The maximum absolute atomic E-state index is 9.99. The van der Waals surface area contributed by atoms with E-state index in [4.69, 9.17) is 4.74 Å². The molecule has 0 unspecified atom stereocenters. The molecule has 0 aliphatic heterocycles. The Morgan fingerprint density at radius 1 is 1.00 bits per heavy atom. The summed E-state index contributed by atoms with van der Waals surface area (Å²) in [4.78, 5) is 2.09. The molecule has 0 aliphatic rings. The van der Waals surface area contributed by atoms with Gasteiger partial charge in [-0.05, 0) is 24.7 Å². The molecule has 0 saturated carbocycles. The molecule has 20 heavy (non-hydrogen) atoms. The Bertz CT molecular complexity index is 487. The first-order valence-electron chi connectivity index (χ1n) is 6.82. The second-order valence-corrected chi connectivity index (χ2v) is 4.96. The summed E-state index contributed by atoms with van der Waals surface area (Å²) in [5.74, 6) is 0.789. The average molecular weight is 271 g/mol. The Hall–Kier alpha value is -1.84. The van der Waals surface area contributed by atoms with Crippen LogP contribution in [-0.4, -0.2) is 36.3 Å². The maximum atomic E-state index is 9.99. The maximum Gasteiger partial charge on any atom is 0.119 e. The van der Waals surface area contributed by atoms with E-state index in [9.17, 15) is 5.11 Å². The van der Waals surface area contributed by atoms with E-state index in [0.717, 1.165) is 12.3 Å². The van der Waals surface area contributed by atoms with Crippen molar-refractivity contribution in [3.05, 3.63) is 66.2 Å². The Morgan fingerprint density at radius 3 is 2.25 bits per heavy atom. The minimum atomic E-state index is -0.496. The standard InChI is InChI=1S/C17H21NO2/c1-18(12-15-8-4-2-5-9-15)13-16(19)14-20-17-10-6-3-7-11-17/h2-11,16,19H,12-14H2,1H3/t16-/m1/s1. The molecular weight excluding hydrogens is 250 g/mol. The molecule has 0 saturated heterocycles. The summed E-state index contributed by atoms with van der Waals surface area (Å²) >= 11 is 0. The summed E-state index contributed by atoms with van der Waals surface area (Å²) in [6.07, 6.45) is -0.496. The largest absolute Gasteiger partial charge is 0.491 e. The summed E-state index contributed by atoms with van der Waals surface area (Å²) in [6, 6.07) is 19.8. The molecule has 2 aromatic carbocycles. The number of para-hydroxylation sites is 1. The van der Waals surface area contributed by atoms with Crippen LogP contribution in [0.4, 0.5) is 0 Å². The van der Waals surface area contributed by atoms with Crippen LogP contribution in [0.2, 0.25) is 0 Å². The molecule has 0 spiro atoms. The Balaban J connectivity index is 1.72. The minimum absolute atomic E-state index is 0.309. The smallest absolute Gasteiger partial charge is 0.119 e. The lowest BCUT2D eigenvalue weighted by atomic mass is 10.2. The summed E-state index contributed by atoms with van der Waals surface area (Å²) in [5, 5.41) is 9.99. The van der Waals surface area contributed by atoms with Gasteiger partial charge in [-0.1, -0.05) is 48.5 Å². The highest BCUT2D eigenvalue weighted by atomic mass is 16.5. The van der Waals surface area contributed by atoms with Crippen LogP contribution in [0, 0.1) is 0 Å². The molecule has 1 atom stereocenters. The van der Waals surface area contributed by atoms with Gasteiger partial charge in [0.05, 0.1) is 0 Å². The fourth-order valence-corrected chi connectivity index (χ4v) is 2.08. The van der Waals surface area contributed by atoms with Crippen molar-refractivity contribution in [2.24, 2.45) is 0 Å². The van der Waals surface area contributed by atoms with E-state index in [2.05, 4.69) is 17.0 Å². The summed E-state index contributed by atoms with van der Waals surface area (Å²) in [6.45, 7) is 1.72. The third kappa shape index (κ3) is 5.03. The third-order valence-electron chi connectivity index (χ3n) is 3.00. The van der Waals surface area contributed by atoms with Crippen molar-refractivity contribution in [3.63, 3.8) is 0 Å². The molecule has 0 fully saturated rings. The lowest BCUT2D eigenvalue weighted by Gasteiger charge is -2.20. The molecule has 0 aromatic heterocycles. The van der Waals surface area contributed by atoms with E-state index in [1.807, 2.05) is 55.6 Å². The van der Waals surface area contributed by atoms with Crippen LogP contribution in [0.5, 0.6) is 5.75 Å². The zero-order valence-electron chi connectivity index (χ0n) is 11.8. The van der Waals surface area contributed by atoms with Gasteiger partial charge in [0.25, 0.3) is 0 Å². The van der Waals surface area contributed by atoms with E-state index >= 15 is 0 Å². The number of aliphatic hydroxyl groups is 1. The van der Waals surface area contributed by atoms with E-state index in [1.165, 1.54) is 5.56 Å². The normalized spacial score (nSPS) is 12.3. The molecule has 0 aliphatic carbocycles. The molecule has 2 aromatic rings. The van der Waals surface area contributed by atoms with Gasteiger partial charge < -0.3 is 9.84 Å². The van der Waals surface area contributed by atoms with Crippen LogP contribution in [0.3, 0.4) is 0 Å². The lowest BCUT2D eigenvalue weighted by molar-refractivity contribution is 0.0744. The van der Waals surface area contributed by atoms with E-state index in [0.29, 0.717) is 13.2 Å². The fraction of sp³-hybridized carbons (Fsp3) is 0.294. The van der Waals surface area contributed by atoms with Crippen LogP contribution < -0.4 is 4.74 Å². The highest BCUT2D eigenvalue weighted by Crippen LogP contribution is 2.09. The van der Waals surface area contributed by atoms with Crippen LogP contribution >= 0.6 is 0 Å². The topological polar surface area (TPSA) is 32.7 Å². The number of rotatable bonds is 7. The predicted molar refractivity (Wildman–Crippen MR) is 80.7 cm³/mol. The van der Waals surface area contributed by atoms with Gasteiger partial charge in [0.2, 0.25) is 0 Å². The molecule has 3 heteroatoms. The Morgan fingerprint density at radius 2 is 1.60 bits per heavy atom. The summed E-state index contributed by atoms with van der Waals surface area (Å²) in [5.41, 5.74) is 1.24. The van der Waals surface area contributed by atoms with Gasteiger partial charge in [-0.25, -0.2) is 0 Å². The Kier molecular flexibility index (Phi) is 5.59. The number of nitrogens with zero attached hydrogens (tertiary/aromatic N) is 1. The number of ether oxygens (including phenoxy) is 1. The zero-order chi connectivity index (χ0) is 14.2. The number of hydrogen-bond acceptors (Lipinski definition) is 3. The van der Waals surface area contributed by atoms with Crippen molar-refractivity contribution in [1.29, 1.82) is 0 Å². The molecule has 0 heterocycles. The van der Waals surface area contributed by atoms with Gasteiger partial charge in [0, 0.05) is 13.1 Å². The number of hydrogen-bond donors (Lipinski definition) is 1. The fourth-order valence-electron chi connectivity index (χ4n) is 2.08. The van der Waals surface area contributed by atoms with Gasteiger partial charge in [-0.15, -0.1) is 0 Å².